The van der Waals surface area contributed by atoms with E-state index in [1.807, 2.05) is 29.6 Å². The number of Topliss-reactive ketones (excluding diaryl/α,β-unsaturated/α-hetero) is 1. The number of nitrogens with zero attached hydrogens (tertiary/aromatic N) is 1. The molecule has 3 nitrogen and oxygen atoms in total. The molecule has 2 heterocycles. The Hall–Kier alpha value is -1.39. The molecule has 0 N–H and O–H groups in total. The topological polar surface area (TPSA) is 33.5 Å². The number of hydrogen-bond donors (Lipinski definition) is 0. The van der Waals surface area contributed by atoms with E-state index in [2.05, 4.69) is 4.90 Å². The number of hydrogen-bond acceptors (Lipinski definition) is 4. The Morgan fingerprint density at radius 1 is 1.35 bits per heavy atom. The molecule has 0 spiro atoms. The van der Waals surface area contributed by atoms with Crippen LogP contribution >= 0.6 is 11.3 Å². The Morgan fingerprint density at radius 2 is 2.25 bits per heavy atom. The first-order valence-corrected chi connectivity index (χ1v) is 8.04. The lowest BCUT2D eigenvalue weighted by Crippen LogP contribution is -2.26. The van der Waals surface area contributed by atoms with Crippen LogP contribution in [0.4, 0.5) is 0 Å². The molecule has 3 rings (SSSR count). The van der Waals surface area contributed by atoms with Crippen molar-refractivity contribution in [2.24, 2.45) is 0 Å². The summed E-state index contributed by atoms with van der Waals surface area (Å²) in [4.78, 5) is 15.3. The summed E-state index contributed by atoms with van der Waals surface area (Å²) in [6.07, 6.45) is 5.84. The molecule has 1 fully saturated rings. The minimum atomic E-state index is 0.272. The van der Waals surface area contributed by atoms with Crippen LogP contribution < -0.4 is 0 Å². The van der Waals surface area contributed by atoms with Crippen LogP contribution in [0.2, 0.25) is 0 Å². The van der Waals surface area contributed by atoms with Gasteiger partial charge >= 0.3 is 0 Å². The molecule has 0 atom stereocenters. The number of rotatable bonds is 8. The molecule has 0 aromatic carbocycles. The van der Waals surface area contributed by atoms with Gasteiger partial charge in [-0.25, -0.2) is 0 Å². The highest BCUT2D eigenvalue weighted by Gasteiger charge is 2.29. The molecular weight excluding hydrogens is 270 g/mol. The van der Waals surface area contributed by atoms with Crippen LogP contribution in [-0.2, 0) is 6.54 Å². The normalized spacial score (nSPS) is 14.8. The summed E-state index contributed by atoms with van der Waals surface area (Å²) in [7, 11) is 0. The Balaban J connectivity index is 1.46. The molecule has 0 radical (unpaired) electrons. The van der Waals surface area contributed by atoms with Gasteiger partial charge in [-0.05, 0) is 49.4 Å². The largest absolute Gasteiger partial charge is 0.468 e. The predicted molar refractivity (Wildman–Crippen MR) is 80.0 cm³/mol. The fourth-order valence-electron chi connectivity index (χ4n) is 2.44. The first-order valence-electron chi connectivity index (χ1n) is 7.16. The monoisotopic (exact) mass is 289 g/mol. The summed E-state index contributed by atoms with van der Waals surface area (Å²) < 4.78 is 5.42. The first kappa shape index (κ1) is 13.6. The maximum absolute atomic E-state index is 12.0. The second kappa shape index (κ2) is 6.37. The van der Waals surface area contributed by atoms with Crippen molar-refractivity contribution in [1.29, 1.82) is 0 Å². The fourth-order valence-corrected chi connectivity index (χ4v) is 3.13. The molecule has 0 bridgehead atoms. The zero-order chi connectivity index (χ0) is 13.8. The highest BCUT2D eigenvalue weighted by molar-refractivity contribution is 7.12. The van der Waals surface area contributed by atoms with Gasteiger partial charge in [-0.2, -0.15) is 0 Å². The summed E-state index contributed by atoms with van der Waals surface area (Å²) in [6, 6.07) is 8.49. The van der Waals surface area contributed by atoms with E-state index in [1.54, 1.807) is 6.26 Å². The summed E-state index contributed by atoms with van der Waals surface area (Å²) in [6.45, 7) is 1.84. The molecule has 4 heteroatoms. The van der Waals surface area contributed by atoms with Crippen LogP contribution in [0, 0.1) is 0 Å². The highest BCUT2D eigenvalue weighted by atomic mass is 32.1. The minimum Gasteiger partial charge on any atom is -0.468 e. The third-order valence-corrected chi connectivity index (χ3v) is 4.56. The van der Waals surface area contributed by atoms with Crippen molar-refractivity contribution in [3.8, 4) is 0 Å². The lowest BCUT2D eigenvalue weighted by atomic mass is 10.2. The number of carbonyl (C=O) groups excluding carboxylic acids is 1. The zero-order valence-corrected chi connectivity index (χ0v) is 12.3. The first-order chi connectivity index (χ1) is 9.83. The Labute approximate surface area is 123 Å². The molecule has 0 unspecified atom stereocenters. The van der Waals surface area contributed by atoms with E-state index in [1.165, 1.54) is 24.2 Å². The van der Waals surface area contributed by atoms with Crippen molar-refractivity contribution in [2.45, 2.75) is 38.3 Å². The van der Waals surface area contributed by atoms with Crippen LogP contribution in [0.3, 0.4) is 0 Å². The van der Waals surface area contributed by atoms with E-state index in [0.717, 1.165) is 30.1 Å². The molecule has 20 heavy (non-hydrogen) atoms. The van der Waals surface area contributed by atoms with E-state index in [9.17, 15) is 4.79 Å². The Kier molecular flexibility index (Phi) is 4.33. The molecular formula is C16H19NO2S. The molecule has 0 amide bonds. The van der Waals surface area contributed by atoms with Gasteiger partial charge in [-0.3, -0.25) is 9.69 Å². The molecule has 2 aromatic rings. The van der Waals surface area contributed by atoms with Crippen molar-refractivity contribution < 1.29 is 9.21 Å². The Morgan fingerprint density at radius 3 is 2.90 bits per heavy atom. The number of ketones is 1. The van der Waals surface area contributed by atoms with Gasteiger partial charge in [0.05, 0.1) is 17.7 Å². The van der Waals surface area contributed by atoms with Crippen LogP contribution in [-0.4, -0.2) is 23.3 Å². The molecule has 2 aromatic heterocycles. The lowest BCUT2D eigenvalue weighted by Gasteiger charge is -2.20. The third-order valence-electron chi connectivity index (χ3n) is 3.65. The van der Waals surface area contributed by atoms with Crippen LogP contribution in [0.25, 0.3) is 0 Å². The molecule has 106 valence electrons. The zero-order valence-electron chi connectivity index (χ0n) is 11.5. The van der Waals surface area contributed by atoms with Gasteiger partial charge in [0, 0.05) is 12.5 Å². The number of thiophene rings is 1. The fraction of sp³-hybridized carbons (Fsp3) is 0.438. The minimum absolute atomic E-state index is 0.272. The molecule has 1 aliphatic rings. The maximum atomic E-state index is 12.0. The van der Waals surface area contributed by atoms with Gasteiger partial charge in [-0.15, -0.1) is 11.3 Å². The van der Waals surface area contributed by atoms with Crippen molar-refractivity contribution >= 4 is 17.1 Å². The van der Waals surface area contributed by atoms with E-state index in [4.69, 9.17) is 4.42 Å². The van der Waals surface area contributed by atoms with Crippen LogP contribution in [0.5, 0.6) is 0 Å². The van der Waals surface area contributed by atoms with E-state index >= 15 is 0 Å². The summed E-state index contributed by atoms with van der Waals surface area (Å²) >= 11 is 1.53. The van der Waals surface area contributed by atoms with Gasteiger partial charge < -0.3 is 4.42 Å². The maximum Gasteiger partial charge on any atom is 0.172 e. The van der Waals surface area contributed by atoms with Crippen molar-refractivity contribution in [3.05, 3.63) is 46.5 Å². The van der Waals surface area contributed by atoms with E-state index in [0.29, 0.717) is 12.5 Å². The standard InChI is InChI=1S/C16H19NO2S/c18-15(16-6-3-11-20-16)5-1-9-17(13-7-8-13)12-14-4-2-10-19-14/h2-4,6,10-11,13H,1,5,7-9,12H2. The van der Waals surface area contributed by atoms with Gasteiger partial charge in [0.1, 0.15) is 5.76 Å². The van der Waals surface area contributed by atoms with Gasteiger partial charge in [0.25, 0.3) is 0 Å². The van der Waals surface area contributed by atoms with Gasteiger partial charge in [0.15, 0.2) is 5.78 Å². The van der Waals surface area contributed by atoms with Crippen molar-refractivity contribution in [1.82, 2.24) is 4.90 Å². The number of carbonyl (C=O) groups is 1. The smallest absolute Gasteiger partial charge is 0.172 e. The number of furan rings is 1. The summed E-state index contributed by atoms with van der Waals surface area (Å²) in [5.74, 6) is 1.29. The third kappa shape index (κ3) is 3.58. The van der Waals surface area contributed by atoms with Crippen molar-refractivity contribution in [3.63, 3.8) is 0 Å². The highest BCUT2D eigenvalue weighted by Crippen LogP contribution is 2.28. The lowest BCUT2D eigenvalue weighted by molar-refractivity contribution is 0.0976. The van der Waals surface area contributed by atoms with E-state index < -0.39 is 0 Å². The van der Waals surface area contributed by atoms with Gasteiger partial charge in [-0.1, -0.05) is 6.07 Å². The quantitative estimate of drug-likeness (QED) is 0.689. The predicted octanol–water partition coefficient (Wildman–Crippen LogP) is 3.97. The second-order valence-corrected chi connectivity index (χ2v) is 6.23. The summed E-state index contributed by atoms with van der Waals surface area (Å²) in [5.41, 5.74) is 0. The molecule has 1 aliphatic carbocycles. The Bertz CT molecular complexity index is 529. The summed E-state index contributed by atoms with van der Waals surface area (Å²) in [5, 5.41) is 1.96. The second-order valence-electron chi connectivity index (χ2n) is 5.29. The molecule has 1 saturated carbocycles. The van der Waals surface area contributed by atoms with Crippen molar-refractivity contribution in [2.75, 3.05) is 6.54 Å². The average molecular weight is 289 g/mol. The molecule has 0 aliphatic heterocycles. The van der Waals surface area contributed by atoms with Gasteiger partial charge in [0.2, 0.25) is 0 Å². The van der Waals surface area contributed by atoms with E-state index in [-0.39, 0.29) is 5.78 Å². The SMILES string of the molecule is O=C(CCCN(Cc1ccco1)C1CC1)c1cccs1. The average Bonchev–Trinajstić information content (AvgIpc) is 2.94. The van der Waals surface area contributed by atoms with Crippen LogP contribution in [0.15, 0.2) is 40.3 Å². The van der Waals surface area contributed by atoms with Crippen LogP contribution in [0.1, 0.15) is 41.1 Å². The molecule has 0 saturated heterocycles.